The third-order valence-corrected chi connectivity index (χ3v) is 4.28. The molecule has 0 bridgehead atoms. The van der Waals surface area contributed by atoms with Gasteiger partial charge in [-0.3, -0.25) is 19.0 Å². The van der Waals surface area contributed by atoms with Crippen LogP contribution in [-0.4, -0.2) is 49.0 Å². The minimum atomic E-state index is -1.17. The van der Waals surface area contributed by atoms with Crippen LogP contribution in [0.25, 0.3) is 0 Å². The molecule has 2 aromatic heterocycles. The number of hydrogen-bond donors (Lipinski definition) is 3. The molecule has 1 aromatic carbocycles. The number of hydrogen-bond acceptors (Lipinski definition) is 5. The number of nitrogens with one attached hydrogen (secondary N) is 2. The molecule has 0 unspecified atom stereocenters. The highest BCUT2D eigenvalue weighted by atomic mass is 16.4. The summed E-state index contributed by atoms with van der Waals surface area (Å²) in [6, 6.07) is 11.1. The van der Waals surface area contributed by atoms with E-state index in [2.05, 4.69) is 20.8 Å². The van der Waals surface area contributed by atoms with Gasteiger partial charge in [0.1, 0.15) is 6.54 Å². The lowest BCUT2D eigenvalue weighted by Gasteiger charge is -2.07. The Morgan fingerprint density at radius 1 is 1.07 bits per heavy atom. The zero-order valence-corrected chi connectivity index (χ0v) is 16.4. The normalized spacial score (nSPS) is 10.6. The van der Waals surface area contributed by atoms with E-state index >= 15 is 0 Å². The second-order valence-electron chi connectivity index (χ2n) is 6.49. The van der Waals surface area contributed by atoms with Crippen LogP contribution < -0.4 is 10.6 Å². The predicted octanol–water partition coefficient (Wildman–Crippen LogP) is 1.41. The van der Waals surface area contributed by atoms with Crippen molar-refractivity contribution in [3.05, 3.63) is 65.7 Å². The quantitative estimate of drug-likeness (QED) is 0.489. The van der Waals surface area contributed by atoms with Crippen molar-refractivity contribution in [2.75, 3.05) is 11.9 Å². The summed E-state index contributed by atoms with van der Waals surface area (Å²) in [5.41, 5.74) is 1.35. The molecule has 30 heavy (non-hydrogen) atoms. The number of carbonyl (C=O) groups is 3. The smallest absolute Gasteiger partial charge is 0.356 e. The molecule has 3 rings (SSSR count). The number of aromatic nitrogens is 4. The summed E-state index contributed by atoms with van der Waals surface area (Å²) in [6.07, 6.45) is 3.65. The van der Waals surface area contributed by atoms with Crippen LogP contribution in [0.3, 0.4) is 0 Å². The van der Waals surface area contributed by atoms with Crippen molar-refractivity contribution < 1.29 is 19.5 Å². The van der Waals surface area contributed by atoms with Gasteiger partial charge in [0.05, 0.1) is 5.69 Å². The number of nitrogens with zero attached hydrogens (tertiary/aromatic N) is 4. The van der Waals surface area contributed by atoms with E-state index in [0.717, 1.165) is 5.56 Å². The molecule has 3 N–H and O–H groups in total. The van der Waals surface area contributed by atoms with Crippen molar-refractivity contribution >= 4 is 23.5 Å². The molecule has 0 atom stereocenters. The van der Waals surface area contributed by atoms with Crippen molar-refractivity contribution in [3.63, 3.8) is 0 Å². The Morgan fingerprint density at radius 2 is 1.83 bits per heavy atom. The number of carboxylic acid groups (broad SMARTS) is 1. The Labute approximate surface area is 172 Å². The zero-order chi connectivity index (χ0) is 21.5. The Morgan fingerprint density at radius 3 is 2.50 bits per heavy atom. The number of aromatic carboxylic acids is 1. The highest BCUT2D eigenvalue weighted by molar-refractivity contribution is 6.02. The topological polar surface area (TPSA) is 131 Å². The molecule has 156 valence electrons. The maximum Gasteiger partial charge on any atom is 0.356 e. The summed E-state index contributed by atoms with van der Waals surface area (Å²) < 4.78 is 2.76. The number of aryl methyl sites for hydroxylation is 1. The van der Waals surface area contributed by atoms with Crippen LogP contribution in [0, 0.1) is 0 Å². The fourth-order valence-electron chi connectivity index (χ4n) is 2.79. The lowest BCUT2D eigenvalue weighted by molar-refractivity contribution is -0.116. The monoisotopic (exact) mass is 410 g/mol. The van der Waals surface area contributed by atoms with Crippen LogP contribution in [0.4, 0.5) is 5.69 Å². The molecule has 0 fully saturated rings. The lowest BCUT2D eigenvalue weighted by atomic mass is 10.1. The average molecular weight is 410 g/mol. The summed E-state index contributed by atoms with van der Waals surface area (Å²) >= 11 is 0. The SMILES string of the molecule is CCn1cc(NC(=O)Cn2ccc(C(=O)O)n2)c(C(=O)NCCc2ccccc2)n1. The van der Waals surface area contributed by atoms with E-state index in [1.807, 2.05) is 37.3 Å². The number of carboxylic acids is 1. The Kier molecular flexibility index (Phi) is 6.58. The van der Waals surface area contributed by atoms with Crippen LogP contribution >= 0.6 is 0 Å². The maximum atomic E-state index is 12.6. The van der Waals surface area contributed by atoms with Gasteiger partial charge in [-0.2, -0.15) is 10.2 Å². The van der Waals surface area contributed by atoms with Gasteiger partial charge in [-0.15, -0.1) is 0 Å². The molecule has 0 aliphatic heterocycles. The van der Waals surface area contributed by atoms with Crippen molar-refractivity contribution in [1.82, 2.24) is 24.9 Å². The Hall–Kier alpha value is -3.95. The Bertz CT molecular complexity index is 1040. The van der Waals surface area contributed by atoms with Gasteiger partial charge < -0.3 is 15.7 Å². The molecular weight excluding hydrogens is 388 g/mol. The standard InChI is InChI=1S/C20H22N6O4/c1-2-25-12-16(22-17(27)13-26-11-9-15(23-26)20(29)30)18(24-25)19(28)21-10-8-14-6-4-3-5-7-14/h3-7,9,11-12H,2,8,10,13H2,1H3,(H,21,28)(H,22,27)(H,29,30). The molecule has 0 saturated heterocycles. The van der Waals surface area contributed by atoms with Crippen LogP contribution in [-0.2, 0) is 24.3 Å². The second kappa shape index (κ2) is 9.50. The molecular formula is C20H22N6O4. The van der Waals surface area contributed by atoms with E-state index in [0.29, 0.717) is 19.5 Å². The van der Waals surface area contributed by atoms with E-state index < -0.39 is 11.9 Å². The van der Waals surface area contributed by atoms with E-state index in [-0.39, 0.29) is 29.5 Å². The summed E-state index contributed by atoms with van der Waals surface area (Å²) in [4.78, 5) is 35.8. The average Bonchev–Trinajstić information content (AvgIpc) is 3.36. The number of rotatable bonds is 9. The number of carbonyl (C=O) groups excluding carboxylic acids is 2. The summed E-state index contributed by atoms with van der Waals surface area (Å²) in [6.45, 7) is 2.63. The second-order valence-corrected chi connectivity index (χ2v) is 6.49. The largest absolute Gasteiger partial charge is 0.476 e. The van der Waals surface area contributed by atoms with Crippen LogP contribution in [0.2, 0.25) is 0 Å². The van der Waals surface area contributed by atoms with Gasteiger partial charge >= 0.3 is 5.97 Å². The fraction of sp³-hybridized carbons (Fsp3) is 0.250. The molecule has 2 amide bonds. The predicted molar refractivity (Wildman–Crippen MR) is 108 cm³/mol. The molecule has 2 heterocycles. The fourth-order valence-corrected chi connectivity index (χ4v) is 2.79. The number of anilines is 1. The molecule has 0 saturated carbocycles. The third kappa shape index (κ3) is 5.31. The zero-order valence-electron chi connectivity index (χ0n) is 16.4. The first-order valence-corrected chi connectivity index (χ1v) is 9.42. The Balaban J connectivity index is 1.62. The van der Waals surface area contributed by atoms with Crippen molar-refractivity contribution in [2.24, 2.45) is 0 Å². The van der Waals surface area contributed by atoms with Gasteiger partial charge in [-0.05, 0) is 25.0 Å². The number of amides is 2. The van der Waals surface area contributed by atoms with E-state index in [4.69, 9.17) is 5.11 Å². The van der Waals surface area contributed by atoms with E-state index in [9.17, 15) is 14.4 Å². The number of benzene rings is 1. The maximum absolute atomic E-state index is 12.6. The molecule has 0 aliphatic carbocycles. The van der Waals surface area contributed by atoms with E-state index in [1.54, 1.807) is 10.9 Å². The first kappa shape index (κ1) is 20.8. The van der Waals surface area contributed by atoms with Gasteiger partial charge in [-0.25, -0.2) is 4.79 Å². The first-order valence-electron chi connectivity index (χ1n) is 9.42. The molecule has 10 heteroatoms. The summed E-state index contributed by atoms with van der Waals surface area (Å²) in [5.74, 6) is -2.02. The summed E-state index contributed by atoms with van der Waals surface area (Å²) in [5, 5.41) is 22.4. The minimum absolute atomic E-state index is 0.116. The van der Waals surface area contributed by atoms with Crippen LogP contribution in [0.15, 0.2) is 48.8 Å². The molecule has 0 aliphatic rings. The highest BCUT2D eigenvalue weighted by Gasteiger charge is 2.19. The van der Waals surface area contributed by atoms with Gasteiger partial charge in [0.2, 0.25) is 5.91 Å². The van der Waals surface area contributed by atoms with Gasteiger partial charge in [0, 0.05) is 25.5 Å². The highest BCUT2D eigenvalue weighted by Crippen LogP contribution is 2.14. The van der Waals surface area contributed by atoms with Gasteiger partial charge in [0.15, 0.2) is 11.4 Å². The summed E-state index contributed by atoms with van der Waals surface area (Å²) in [7, 11) is 0. The van der Waals surface area contributed by atoms with Crippen molar-refractivity contribution in [2.45, 2.75) is 26.4 Å². The van der Waals surface area contributed by atoms with Crippen LogP contribution in [0.5, 0.6) is 0 Å². The van der Waals surface area contributed by atoms with Crippen molar-refractivity contribution in [1.29, 1.82) is 0 Å². The first-order chi connectivity index (χ1) is 14.5. The molecule has 10 nitrogen and oxygen atoms in total. The van der Waals surface area contributed by atoms with Crippen molar-refractivity contribution in [3.8, 4) is 0 Å². The molecule has 0 radical (unpaired) electrons. The molecule has 3 aromatic rings. The third-order valence-electron chi connectivity index (χ3n) is 4.28. The lowest BCUT2D eigenvalue weighted by Crippen LogP contribution is -2.28. The van der Waals surface area contributed by atoms with Gasteiger partial charge in [-0.1, -0.05) is 30.3 Å². The van der Waals surface area contributed by atoms with E-state index in [1.165, 1.54) is 16.9 Å². The van der Waals surface area contributed by atoms with Gasteiger partial charge in [0.25, 0.3) is 5.91 Å². The van der Waals surface area contributed by atoms with Crippen LogP contribution in [0.1, 0.15) is 33.5 Å². The molecule has 0 spiro atoms. The minimum Gasteiger partial charge on any atom is -0.476 e.